The van der Waals surface area contributed by atoms with E-state index < -0.39 is 0 Å². The molecule has 0 aliphatic heterocycles. The molecule has 1 aromatic rings. The molecule has 1 fully saturated rings. The van der Waals surface area contributed by atoms with Gasteiger partial charge < -0.3 is 0 Å². The fourth-order valence-corrected chi connectivity index (χ4v) is 4.08. The Morgan fingerprint density at radius 1 is 1.16 bits per heavy atom. The summed E-state index contributed by atoms with van der Waals surface area (Å²) in [6.45, 7) is 3.48. The smallest absolute Gasteiger partial charge is 0.0376 e. The van der Waals surface area contributed by atoms with Crippen LogP contribution in [-0.4, -0.2) is 24.5 Å². The van der Waals surface area contributed by atoms with Crippen molar-refractivity contribution in [2.75, 3.05) is 13.6 Å². The van der Waals surface area contributed by atoms with Gasteiger partial charge in [0.2, 0.25) is 0 Å². The van der Waals surface area contributed by atoms with E-state index >= 15 is 0 Å². The molecule has 1 saturated carbocycles. The van der Waals surface area contributed by atoms with Gasteiger partial charge in [-0.05, 0) is 62.2 Å². The van der Waals surface area contributed by atoms with E-state index in [1.807, 2.05) is 0 Å². The third-order valence-corrected chi connectivity index (χ3v) is 4.85. The van der Waals surface area contributed by atoms with Gasteiger partial charge in [0.25, 0.3) is 0 Å². The van der Waals surface area contributed by atoms with Crippen LogP contribution in [0.3, 0.4) is 0 Å². The van der Waals surface area contributed by atoms with Crippen LogP contribution in [0.25, 0.3) is 5.57 Å². The van der Waals surface area contributed by atoms with Gasteiger partial charge in [-0.25, -0.2) is 0 Å². The molecule has 0 radical (unpaired) electrons. The fourth-order valence-electron chi connectivity index (χ4n) is 4.08. The Kier molecular flexibility index (Phi) is 3.74. The normalized spacial score (nSPS) is 29.6. The van der Waals surface area contributed by atoms with Gasteiger partial charge >= 0.3 is 0 Å². The van der Waals surface area contributed by atoms with Gasteiger partial charge in [0.15, 0.2) is 0 Å². The molecule has 102 valence electrons. The Morgan fingerprint density at radius 3 is 2.68 bits per heavy atom. The molecule has 0 unspecified atom stereocenters. The Balaban J connectivity index is 1.94. The van der Waals surface area contributed by atoms with Crippen LogP contribution < -0.4 is 0 Å². The van der Waals surface area contributed by atoms with Crippen LogP contribution in [-0.2, 0) is 0 Å². The summed E-state index contributed by atoms with van der Waals surface area (Å²) in [7, 11) is 2.31. The van der Waals surface area contributed by atoms with Crippen molar-refractivity contribution in [1.82, 2.24) is 4.90 Å². The van der Waals surface area contributed by atoms with Gasteiger partial charge in [0.1, 0.15) is 0 Å². The number of nitrogens with zero attached hydrogens (tertiary/aromatic N) is 1. The summed E-state index contributed by atoms with van der Waals surface area (Å²) < 4.78 is 0. The van der Waals surface area contributed by atoms with Crippen molar-refractivity contribution >= 4 is 5.57 Å². The Hall–Kier alpha value is -1.08. The van der Waals surface area contributed by atoms with E-state index in [-0.39, 0.29) is 0 Å². The number of hydrogen-bond acceptors (Lipinski definition) is 1. The molecule has 2 aliphatic rings. The second kappa shape index (κ2) is 5.50. The molecule has 0 spiro atoms. The van der Waals surface area contributed by atoms with E-state index in [9.17, 15) is 0 Å². The molecule has 1 nitrogen and oxygen atoms in total. The Labute approximate surface area is 117 Å². The minimum Gasteiger partial charge on any atom is -0.299 e. The number of hydrogen-bond donors (Lipinski definition) is 0. The van der Waals surface area contributed by atoms with Gasteiger partial charge in [0, 0.05) is 6.04 Å². The molecular formula is C18H25N. The monoisotopic (exact) mass is 255 g/mol. The van der Waals surface area contributed by atoms with Crippen molar-refractivity contribution < 1.29 is 0 Å². The van der Waals surface area contributed by atoms with Crippen LogP contribution in [0.2, 0.25) is 0 Å². The van der Waals surface area contributed by atoms with Gasteiger partial charge in [-0.15, -0.1) is 0 Å². The second-order valence-corrected chi connectivity index (χ2v) is 6.25. The minimum absolute atomic E-state index is 0.640. The summed E-state index contributed by atoms with van der Waals surface area (Å²) in [6.07, 6.45) is 8.05. The number of allylic oxidation sites excluding steroid dienone is 1. The van der Waals surface area contributed by atoms with E-state index in [0.717, 1.165) is 11.8 Å². The van der Waals surface area contributed by atoms with Crippen molar-refractivity contribution in [3.05, 3.63) is 42.0 Å². The molecule has 3 atom stereocenters. The number of fused-ring (bicyclic) bond motifs is 2. The predicted octanol–water partition coefficient (Wildman–Crippen LogP) is 4.21. The van der Waals surface area contributed by atoms with Gasteiger partial charge in [-0.3, -0.25) is 4.90 Å². The first-order chi connectivity index (χ1) is 9.29. The molecule has 0 aromatic heterocycles. The average molecular weight is 255 g/mol. The third kappa shape index (κ3) is 2.49. The van der Waals surface area contributed by atoms with Crippen LogP contribution in [0, 0.1) is 11.8 Å². The van der Waals surface area contributed by atoms with E-state index in [4.69, 9.17) is 0 Å². The minimum atomic E-state index is 0.640. The molecule has 1 aromatic carbocycles. The first-order valence-electron chi connectivity index (χ1n) is 7.77. The van der Waals surface area contributed by atoms with Crippen LogP contribution in [0.15, 0.2) is 36.4 Å². The molecule has 2 bridgehead atoms. The highest BCUT2D eigenvalue weighted by Crippen LogP contribution is 2.45. The van der Waals surface area contributed by atoms with Crippen molar-refractivity contribution in [2.24, 2.45) is 11.8 Å². The lowest BCUT2D eigenvalue weighted by molar-refractivity contribution is 0.217. The third-order valence-electron chi connectivity index (χ3n) is 4.85. The van der Waals surface area contributed by atoms with Crippen LogP contribution in [0.1, 0.15) is 38.2 Å². The maximum absolute atomic E-state index is 2.59. The summed E-state index contributed by atoms with van der Waals surface area (Å²) >= 11 is 0. The van der Waals surface area contributed by atoms with Crippen LogP contribution in [0.4, 0.5) is 0 Å². The first-order valence-corrected chi connectivity index (χ1v) is 7.77. The number of rotatable bonds is 4. The van der Waals surface area contributed by atoms with E-state index in [1.165, 1.54) is 37.8 Å². The second-order valence-electron chi connectivity index (χ2n) is 6.25. The summed E-state index contributed by atoms with van der Waals surface area (Å²) in [5.74, 6) is 1.72. The molecule has 3 rings (SSSR count). The quantitative estimate of drug-likeness (QED) is 0.779. The lowest BCUT2D eigenvalue weighted by atomic mass is 9.81. The maximum atomic E-state index is 2.59. The zero-order chi connectivity index (χ0) is 13.2. The van der Waals surface area contributed by atoms with Crippen molar-refractivity contribution in [3.63, 3.8) is 0 Å². The Bertz CT molecular complexity index is 448. The highest BCUT2D eigenvalue weighted by Gasteiger charge is 2.38. The van der Waals surface area contributed by atoms with Crippen molar-refractivity contribution in [2.45, 2.75) is 38.6 Å². The van der Waals surface area contributed by atoms with Gasteiger partial charge in [-0.2, -0.15) is 0 Å². The molecule has 0 heterocycles. The first kappa shape index (κ1) is 12.9. The summed E-state index contributed by atoms with van der Waals surface area (Å²) in [5.41, 5.74) is 3.03. The van der Waals surface area contributed by atoms with Crippen LogP contribution >= 0.6 is 0 Å². The molecule has 0 amide bonds. The zero-order valence-electron chi connectivity index (χ0n) is 12.2. The van der Waals surface area contributed by atoms with Crippen LogP contribution in [0.5, 0.6) is 0 Å². The lowest BCUT2D eigenvalue weighted by Crippen LogP contribution is -2.40. The summed E-state index contributed by atoms with van der Waals surface area (Å²) in [5, 5.41) is 0. The molecule has 1 heteroatoms. The highest BCUT2D eigenvalue weighted by molar-refractivity contribution is 5.71. The lowest BCUT2D eigenvalue weighted by Gasteiger charge is -2.37. The summed E-state index contributed by atoms with van der Waals surface area (Å²) in [4.78, 5) is 2.59. The average Bonchev–Trinajstić information content (AvgIpc) is 2.81. The SMILES string of the molecule is CCCN(C)[C@@H]1C(c2ccccc2)=C[C@H]2CC[C@H]1C2. The van der Waals surface area contributed by atoms with E-state index in [1.54, 1.807) is 5.57 Å². The largest absolute Gasteiger partial charge is 0.299 e. The predicted molar refractivity (Wildman–Crippen MR) is 82.0 cm³/mol. The standard InChI is InChI=1S/C18H25N/c1-3-11-19(2)18-16-10-9-14(12-16)13-17(18)15-7-5-4-6-8-15/h4-8,13-14,16,18H,3,9-12H2,1-2H3/t14-,16-,18-/m0/s1. The maximum Gasteiger partial charge on any atom is 0.0376 e. The molecule has 19 heavy (non-hydrogen) atoms. The number of likely N-dealkylation sites (N-methyl/N-ethyl adjacent to an activating group) is 1. The zero-order valence-corrected chi connectivity index (χ0v) is 12.2. The molecule has 0 saturated heterocycles. The van der Waals surface area contributed by atoms with E-state index in [0.29, 0.717) is 6.04 Å². The van der Waals surface area contributed by atoms with Crippen molar-refractivity contribution in [1.29, 1.82) is 0 Å². The van der Waals surface area contributed by atoms with Gasteiger partial charge in [0.05, 0.1) is 0 Å². The molecule has 2 aliphatic carbocycles. The number of benzene rings is 1. The Morgan fingerprint density at radius 2 is 1.95 bits per heavy atom. The van der Waals surface area contributed by atoms with Gasteiger partial charge in [-0.1, -0.05) is 43.3 Å². The molecular weight excluding hydrogens is 230 g/mol. The van der Waals surface area contributed by atoms with E-state index in [2.05, 4.69) is 55.3 Å². The fraction of sp³-hybridized carbons (Fsp3) is 0.556. The molecule has 0 N–H and O–H groups in total. The topological polar surface area (TPSA) is 3.24 Å². The van der Waals surface area contributed by atoms with Crippen molar-refractivity contribution in [3.8, 4) is 0 Å². The highest BCUT2D eigenvalue weighted by atomic mass is 15.1. The summed E-state index contributed by atoms with van der Waals surface area (Å²) in [6, 6.07) is 11.7.